The van der Waals surface area contributed by atoms with Crippen molar-refractivity contribution < 1.29 is 24.2 Å². The van der Waals surface area contributed by atoms with E-state index in [0.29, 0.717) is 46.6 Å². The highest BCUT2D eigenvalue weighted by atomic mass is 32.1. The van der Waals surface area contributed by atoms with Gasteiger partial charge in [0, 0.05) is 23.1 Å². The van der Waals surface area contributed by atoms with Crippen LogP contribution in [-0.2, 0) is 39.2 Å². The van der Waals surface area contributed by atoms with Gasteiger partial charge in [0.15, 0.2) is 0 Å². The number of hydrogen-bond donors (Lipinski definition) is 1. The molecule has 1 atom stereocenters. The number of cyclic esters (lactones) is 1. The van der Waals surface area contributed by atoms with Gasteiger partial charge in [0.1, 0.15) is 29.7 Å². The summed E-state index contributed by atoms with van der Waals surface area (Å²) in [6.45, 7) is 13.4. The lowest BCUT2D eigenvalue weighted by molar-refractivity contribution is -0.185. The summed E-state index contributed by atoms with van der Waals surface area (Å²) in [5, 5.41) is 12.1. The molecule has 1 aromatic heterocycles. The van der Waals surface area contributed by atoms with Crippen LogP contribution in [0.5, 0.6) is 5.75 Å². The highest BCUT2D eigenvalue weighted by molar-refractivity contribution is 7.00. The molecule has 0 spiro atoms. The van der Waals surface area contributed by atoms with E-state index in [1.165, 1.54) is 11.1 Å². The quantitative estimate of drug-likeness (QED) is 0.123. The topological polar surface area (TPSA) is 98.6 Å². The van der Waals surface area contributed by atoms with Crippen molar-refractivity contribution >= 4 is 40.6 Å². The van der Waals surface area contributed by atoms with E-state index in [0.717, 1.165) is 40.2 Å². The van der Waals surface area contributed by atoms with E-state index in [-0.39, 0.29) is 10.8 Å². The van der Waals surface area contributed by atoms with Gasteiger partial charge < -0.3 is 14.6 Å². The molecule has 1 N–H and O–H groups in total. The lowest BCUT2D eigenvalue weighted by Gasteiger charge is -2.26. The molecule has 1 aliphatic rings. The number of esters is 1. The number of hydrogen-bond acceptors (Lipinski definition) is 8. The Morgan fingerprint density at radius 1 is 0.736 bits per heavy atom. The second-order valence-corrected chi connectivity index (χ2v) is 15.8. The van der Waals surface area contributed by atoms with Crippen LogP contribution in [0.3, 0.4) is 0 Å². The fourth-order valence-corrected chi connectivity index (χ4v) is 6.63. The maximum atomic E-state index is 13.5. The number of nitrogens with zero attached hydrogens (tertiary/aromatic N) is 2. The van der Waals surface area contributed by atoms with E-state index in [2.05, 4.69) is 62.4 Å². The Hall–Kier alpha value is -5.44. The van der Waals surface area contributed by atoms with Crippen LogP contribution in [-0.4, -0.2) is 26.1 Å². The van der Waals surface area contributed by atoms with E-state index in [1.54, 1.807) is 24.3 Å². The smallest absolute Gasteiger partial charge is 0.342 e. The molecule has 0 bridgehead atoms. The third kappa shape index (κ3) is 8.62. The van der Waals surface area contributed by atoms with Crippen LogP contribution < -0.4 is 4.74 Å². The minimum absolute atomic E-state index is 0.0113. The Balaban J connectivity index is 0.000000342. The summed E-state index contributed by atoms with van der Waals surface area (Å²) in [5.41, 5.74) is 8.75. The van der Waals surface area contributed by atoms with Crippen molar-refractivity contribution in [2.75, 3.05) is 0 Å². The first-order valence-electron chi connectivity index (χ1n) is 17.6. The van der Waals surface area contributed by atoms with E-state index in [1.807, 2.05) is 84.9 Å². The Morgan fingerprint density at radius 2 is 1.34 bits per heavy atom. The molecule has 0 saturated carbocycles. The van der Waals surface area contributed by atoms with Gasteiger partial charge in [0.05, 0.1) is 17.3 Å². The minimum atomic E-state index is -1.94. The van der Waals surface area contributed by atoms with Gasteiger partial charge in [-0.3, -0.25) is 4.79 Å². The van der Waals surface area contributed by atoms with Crippen molar-refractivity contribution in [3.05, 3.63) is 166 Å². The fourth-order valence-electron chi connectivity index (χ4n) is 6.12. The van der Waals surface area contributed by atoms with Crippen molar-refractivity contribution in [2.24, 2.45) is 0 Å². The molecule has 0 aliphatic carbocycles. The van der Waals surface area contributed by atoms with E-state index < -0.39 is 11.8 Å². The Bertz CT molecular complexity index is 2230. The number of rotatable bonds is 8. The molecule has 0 fully saturated rings. The SMILES string of the molecule is CC(C)(C)c1ccc(C=O)cc1.CC(C)(C)c1ccc(CC2=C(c3ccc4nsnc4c3)C(=O)OC2(O)c2ccc(OCc3ccccc3)cc2)cc1. The van der Waals surface area contributed by atoms with Gasteiger partial charge in [0.25, 0.3) is 5.79 Å². The number of ether oxygens (including phenoxy) is 2. The monoisotopic (exact) mass is 724 g/mol. The van der Waals surface area contributed by atoms with Crippen molar-refractivity contribution in [3.63, 3.8) is 0 Å². The molecule has 5 aromatic carbocycles. The summed E-state index contributed by atoms with van der Waals surface area (Å²) in [5.74, 6) is -1.88. The van der Waals surface area contributed by atoms with Gasteiger partial charge in [-0.2, -0.15) is 8.75 Å². The first-order valence-corrected chi connectivity index (χ1v) is 18.3. The van der Waals surface area contributed by atoms with Crippen LogP contribution in [0.1, 0.15) is 85.3 Å². The molecule has 0 amide bonds. The lowest BCUT2D eigenvalue weighted by Crippen LogP contribution is -2.29. The molecule has 8 heteroatoms. The standard InChI is InChI=1S/C34H30N2O4S.C11H14O/c1-33(2,3)25-12-9-22(10-13-25)19-28-31(24-11-18-29-30(20-24)36-41-35-29)32(37)40-34(28,38)26-14-16-27(17-15-26)39-21-23-7-5-4-6-8-23;1-11(2,3)10-6-4-9(8-12)5-7-10/h4-18,20,38H,19,21H2,1-3H3;4-8H,1-3H3. The molecule has 1 aliphatic heterocycles. The average molecular weight is 725 g/mol. The number of fused-ring (bicyclic) bond motifs is 1. The third-order valence-corrected chi connectivity index (χ3v) is 9.86. The molecule has 0 saturated heterocycles. The predicted octanol–water partition coefficient (Wildman–Crippen LogP) is 9.76. The maximum Gasteiger partial charge on any atom is 0.342 e. The van der Waals surface area contributed by atoms with Gasteiger partial charge in [-0.25, -0.2) is 4.79 Å². The first kappa shape index (κ1) is 37.3. The number of aliphatic hydroxyl groups is 1. The van der Waals surface area contributed by atoms with Gasteiger partial charge in [-0.15, -0.1) is 0 Å². The molecule has 2 heterocycles. The number of carbonyl (C=O) groups excluding carboxylic acids is 2. The molecule has 7 nitrogen and oxygen atoms in total. The number of carbonyl (C=O) groups is 2. The minimum Gasteiger partial charge on any atom is -0.489 e. The second kappa shape index (κ2) is 15.3. The molecule has 53 heavy (non-hydrogen) atoms. The number of aromatic nitrogens is 2. The highest BCUT2D eigenvalue weighted by Gasteiger charge is 2.48. The van der Waals surface area contributed by atoms with Crippen LogP contribution in [0.15, 0.2) is 127 Å². The van der Waals surface area contributed by atoms with Crippen LogP contribution in [0.4, 0.5) is 0 Å². The zero-order valence-electron chi connectivity index (χ0n) is 30.9. The maximum absolute atomic E-state index is 13.5. The zero-order chi connectivity index (χ0) is 37.8. The summed E-state index contributed by atoms with van der Waals surface area (Å²) >= 11 is 1.12. The fraction of sp³-hybridized carbons (Fsp3) is 0.244. The van der Waals surface area contributed by atoms with Gasteiger partial charge in [-0.05, 0) is 75.0 Å². The summed E-state index contributed by atoms with van der Waals surface area (Å²) in [4.78, 5) is 23.8. The predicted molar refractivity (Wildman–Crippen MR) is 211 cm³/mol. The van der Waals surface area contributed by atoms with Gasteiger partial charge >= 0.3 is 5.97 Å². The molecular weight excluding hydrogens is 681 g/mol. The van der Waals surface area contributed by atoms with E-state index in [4.69, 9.17) is 9.47 Å². The lowest BCUT2D eigenvalue weighted by atomic mass is 9.84. The van der Waals surface area contributed by atoms with Gasteiger partial charge in [-0.1, -0.05) is 126 Å². The Labute approximate surface area is 315 Å². The van der Waals surface area contributed by atoms with Crippen LogP contribution in [0.25, 0.3) is 16.6 Å². The van der Waals surface area contributed by atoms with Crippen LogP contribution in [0, 0.1) is 0 Å². The van der Waals surface area contributed by atoms with Crippen molar-refractivity contribution in [3.8, 4) is 5.75 Å². The largest absolute Gasteiger partial charge is 0.489 e. The van der Waals surface area contributed by atoms with Crippen molar-refractivity contribution in [2.45, 2.75) is 71.2 Å². The van der Waals surface area contributed by atoms with Crippen LogP contribution >= 0.6 is 11.7 Å². The molecule has 1 unspecified atom stereocenters. The van der Waals surface area contributed by atoms with E-state index >= 15 is 0 Å². The Kier molecular flexibility index (Phi) is 10.8. The van der Waals surface area contributed by atoms with Gasteiger partial charge in [0.2, 0.25) is 0 Å². The molecular formula is C45H44N2O5S. The summed E-state index contributed by atoms with van der Waals surface area (Å²) in [6.07, 6.45) is 1.19. The molecule has 0 radical (unpaired) electrons. The van der Waals surface area contributed by atoms with Crippen LogP contribution in [0.2, 0.25) is 0 Å². The highest BCUT2D eigenvalue weighted by Crippen LogP contribution is 2.45. The normalized spacial score (nSPS) is 15.9. The molecule has 270 valence electrons. The number of aldehydes is 1. The summed E-state index contributed by atoms with van der Waals surface area (Å²) < 4.78 is 20.3. The van der Waals surface area contributed by atoms with E-state index in [9.17, 15) is 14.7 Å². The number of benzene rings is 5. The van der Waals surface area contributed by atoms with Crippen molar-refractivity contribution in [1.29, 1.82) is 0 Å². The first-order chi connectivity index (χ1) is 25.2. The Morgan fingerprint density at radius 3 is 1.94 bits per heavy atom. The average Bonchev–Trinajstić information content (AvgIpc) is 3.72. The summed E-state index contributed by atoms with van der Waals surface area (Å²) in [6, 6.07) is 38.4. The summed E-state index contributed by atoms with van der Waals surface area (Å²) in [7, 11) is 0. The molecule has 7 rings (SSSR count). The zero-order valence-corrected chi connectivity index (χ0v) is 31.7. The van der Waals surface area contributed by atoms with Crippen molar-refractivity contribution in [1.82, 2.24) is 8.75 Å². The second-order valence-electron chi connectivity index (χ2n) is 15.3. The third-order valence-electron chi connectivity index (χ3n) is 9.31. The molecule has 6 aromatic rings.